The van der Waals surface area contributed by atoms with Crippen LogP contribution in [0.1, 0.15) is 30.4 Å². The van der Waals surface area contributed by atoms with Gasteiger partial charge in [-0.15, -0.1) is 0 Å². The summed E-state index contributed by atoms with van der Waals surface area (Å²) < 4.78 is 43.5. The van der Waals surface area contributed by atoms with E-state index in [1.54, 1.807) is 20.2 Å². The number of methoxy groups -OCH3 is 1. The molecule has 0 fully saturated rings. The quantitative estimate of drug-likeness (QED) is 0.478. The van der Waals surface area contributed by atoms with Crippen LogP contribution in [0.2, 0.25) is 0 Å². The van der Waals surface area contributed by atoms with Gasteiger partial charge in [0.1, 0.15) is 0 Å². The van der Waals surface area contributed by atoms with Crippen molar-refractivity contribution in [2.24, 2.45) is 4.99 Å². The maximum absolute atomic E-state index is 12.8. The summed E-state index contributed by atoms with van der Waals surface area (Å²) in [5.74, 6) is 0.699. The number of guanidine groups is 1. The third kappa shape index (κ3) is 9.10. The molecule has 0 aliphatic carbocycles. The second kappa shape index (κ2) is 11.8. The minimum atomic E-state index is -4.31. The Morgan fingerprint density at radius 1 is 1.22 bits per heavy atom. The lowest BCUT2D eigenvalue weighted by Gasteiger charge is -2.19. The molecule has 0 saturated carbocycles. The molecule has 1 unspecified atom stereocenters. The summed E-state index contributed by atoms with van der Waals surface area (Å²) in [7, 11) is 5.39. The average molecular weight is 388 g/mol. The third-order valence-electron chi connectivity index (χ3n) is 4.34. The summed E-state index contributed by atoms with van der Waals surface area (Å²) >= 11 is 0. The maximum Gasteiger partial charge on any atom is 0.416 e. The summed E-state index contributed by atoms with van der Waals surface area (Å²) in [6.45, 7) is 5.69. The molecule has 0 amide bonds. The van der Waals surface area contributed by atoms with Gasteiger partial charge in [0.15, 0.2) is 5.96 Å². The van der Waals surface area contributed by atoms with E-state index in [-0.39, 0.29) is 5.92 Å². The van der Waals surface area contributed by atoms with Gasteiger partial charge in [-0.2, -0.15) is 13.2 Å². The number of benzene rings is 1. The van der Waals surface area contributed by atoms with Crippen molar-refractivity contribution in [1.29, 1.82) is 0 Å². The van der Waals surface area contributed by atoms with E-state index in [0.717, 1.165) is 25.7 Å². The molecule has 1 aromatic carbocycles. The van der Waals surface area contributed by atoms with Gasteiger partial charge in [-0.3, -0.25) is 4.99 Å². The van der Waals surface area contributed by atoms with Crippen LogP contribution in [0.3, 0.4) is 0 Å². The number of ether oxygens (including phenoxy) is 1. The summed E-state index contributed by atoms with van der Waals surface area (Å²) in [5.41, 5.74) is 0.0872. The summed E-state index contributed by atoms with van der Waals surface area (Å²) in [6.07, 6.45) is -3.61. The van der Waals surface area contributed by atoms with E-state index in [2.05, 4.69) is 20.5 Å². The highest BCUT2D eigenvalue weighted by Gasteiger charge is 2.30. The van der Waals surface area contributed by atoms with Gasteiger partial charge >= 0.3 is 6.18 Å². The zero-order valence-electron chi connectivity index (χ0n) is 16.6. The van der Waals surface area contributed by atoms with Crippen LogP contribution < -0.4 is 10.6 Å². The van der Waals surface area contributed by atoms with Crippen molar-refractivity contribution in [2.75, 3.05) is 54.0 Å². The highest BCUT2D eigenvalue weighted by atomic mass is 19.4. The minimum Gasteiger partial charge on any atom is -0.383 e. The lowest BCUT2D eigenvalue weighted by atomic mass is 9.96. The molecule has 0 heterocycles. The van der Waals surface area contributed by atoms with Crippen LogP contribution in [0.4, 0.5) is 13.2 Å². The summed E-state index contributed by atoms with van der Waals surface area (Å²) in [4.78, 5) is 6.32. The van der Waals surface area contributed by atoms with Crippen LogP contribution in [0.25, 0.3) is 0 Å². The molecule has 0 spiro atoms. The summed E-state index contributed by atoms with van der Waals surface area (Å²) in [6, 6.07) is 5.53. The molecule has 5 nitrogen and oxygen atoms in total. The van der Waals surface area contributed by atoms with E-state index in [4.69, 9.17) is 4.74 Å². The zero-order valence-corrected chi connectivity index (χ0v) is 16.6. The predicted octanol–water partition coefficient (Wildman–Crippen LogP) is 2.94. The highest BCUT2D eigenvalue weighted by molar-refractivity contribution is 5.79. The Labute approximate surface area is 160 Å². The Morgan fingerprint density at radius 2 is 1.93 bits per heavy atom. The van der Waals surface area contributed by atoms with Crippen LogP contribution in [-0.4, -0.2) is 64.9 Å². The van der Waals surface area contributed by atoms with Crippen molar-refractivity contribution < 1.29 is 17.9 Å². The molecular weight excluding hydrogens is 357 g/mol. The minimum absolute atomic E-state index is 0.0121. The monoisotopic (exact) mass is 388 g/mol. The van der Waals surface area contributed by atoms with Crippen molar-refractivity contribution >= 4 is 5.96 Å². The number of rotatable bonds is 10. The molecule has 27 heavy (non-hydrogen) atoms. The van der Waals surface area contributed by atoms with E-state index < -0.39 is 11.7 Å². The Hall–Kier alpha value is -1.80. The number of likely N-dealkylation sites (N-methyl/N-ethyl adjacent to an activating group) is 1. The number of hydrogen-bond donors (Lipinski definition) is 2. The van der Waals surface area contributed by atoms with E-state index in [0.29, 0.717) is 31.1 Å². The number of nitrogens with one attached hydrogen (secondary N) is 2. The molecule has 2 N–H and O–H groups in total. The Balaban J connectivity index is 2.38. The molecular formula is C19H31F3N4O. The smallest absolute Gasteiger partial charge is 0.383 e. The third-order valence-corrected chi connectivity index (χ3v) is 4.34. The topological polar surface area (TPSA) is 48.9 Å². The first-order valence-electron chi connectivity index (χ1n) is 9.07. The van der Waals surface area contributed by atoms with Crippen molar-refractivity contribution in [3.05, 3.63) is 35.4 Å². The molecule has 0 aromatic heterocycles. The fourth-order valence-corrected chi connectivity index (χ4v) is 2.54. The van der Waals surface area contributed by atoms with Gasteiger partial charge < -0.3 is 20.3 Å². The van der Waals surface area contributed by atoms with Gasteiger partial charge in [0.2, 0.25) is 0 Å². The van der Waals surface area contributed by atoms with E-state index >= 15 is 0 Å². The van der Waals surface area contributed by atoms with Crippen molar-refractivity contribution in [3.63, 3.8) is 0 Å². The number of aliphatic imine (C=N–C) groups is 1. The standard InChI is InChI=1S/C19H31F3N4O/c1-15(16-6-5-7-17(14-16)19(20,21)22)8-9-24-18(23-2)25-10-11-26(3)12-13-27-4/h5-7,14-15H,8-13H2,1-4H3,(H2,23,24,25). The largest absolute Gasteiger partial charge is 0.416 e. The molecule has 1 aromatic rings. The molecule has 8 heteroatoms. The van der Waals surface area contributed by atoms with Gasteiger partial charge in [-0.25, -0.2) is 0 Å². The molecule has 0 aliphatic rings. The van der Waals surface area contributed by atoms with Crippen molar-refractivity contribution in [2.45, 2.75) is 25.4 Å². The van der Waals surface area contributed by atoms with Crippen molar-refractivity contribution in [1.82, 2.24) is 15.5 Å². The fraction of sp³-hybridized carbons (Fsp3) is 0.632. The lowest BCUT2D eigenvalue weighted by Crippen LogP contribution is -2.41. The van der Waals surface area contributed by atoms with Gasteiger partial charge in [0.05, 0.1) is 12.2 Å². The first kappa shape index (κ1) is 23.2. The first-order valence-corrected chi connectivity index (χ1v) is 9.07. The van der Waals surface area contributed by atoms with Crippen LogP contribution >= 0.6 is 0 Å². The van der Waals surface area contributed by atoms with E-state index in [9.17, 15) is 13.2 Å². The normalized spacial score (nSPS) is 13.7. The molecule has 1 rings (SSSR count). The Kier molecular flexibility index (Phi) is 10.2. The van der Waals surface area contributed by atoms with Gasteiger partial charge in [-0.1, -0.05) is 25.1 Å². The number of nitrogens with zero attached hydrogens (tertiary/aromatic N) is 2. The Bertz CT molecular complexity index is 578. The van der Waals surface area contributed by atoms with E-state index in [1.165, 1.54) is 12.1 Å². The number of alkyl halides is 3. The first-order chi connectivity index (χ1) is 12.8. The highest BCUT2D eigenvalue weighted by Crippen LogP contribution is 2.31. The van der Waals surface area contributed by atoms with Gasteiger partial charge in [-0.05, 0) is 31.0 Å². The van der Waals surface area contributed by atoms with Gasteiger partial charge in [0, 0.05) is 40.3 Å². The van der Waals surface area contributed by atoms with Gasteiger partial charge in [0.25, 0.3) is 0 Å². The van der Waals surface area contributed by atoms with Crippen LogP contribution in [0.5, 0.6) is 0 Å². The Morgan fingerprint density at radius 3 is 2.56 bits per heavy atom. The molecule has 0 bridgehead atoms. The van der Waals surface area contributed by atoms with Crippen LogP contribution in [0, 0.1) is 0 Å². The SMILES string of the molecule is CN=C(NCCC(C)c1cccc(C(F)(F)F)c1)NCCN(C)CCOC. The summed E-state index contributed by atoms with van der Waals surface area (Å²) in [5, 5.41) is 6.43. The fourth-order valence-electron chi connectivity index (χ4n) is 2.54. The maximum atomic E-state index is 12.8. The molecule has 154 valence electrons. The van der Waals surface area contributed by atoms with Crippen LogP contribution in [0.15, 0.2) is 29.3 Å². The van der Waals surface area contributed by atoms with Crippen LogP contribution in [-0.2, 0) is 10.9 Å². The molecule has 1 atom stereocenters. The van der Waals surface area contributed by atoms with Crippen molar-refractivity contribution in [3.8, 4) is 0 Å². The number of hydrogen-bond acceptors (Lipinski definition) is 3. The molecule has 0 saturated heterocycles. The zero-order chi connectivity index (χ0) is 20.3. The second-order valence-corrected chi connectivity index (χ2v) is 6.53. The lowest BCUT2D eigenvalue weighted by molar-refractivity contribution is -0.137. The number of halogens is 3. The molecule has 0 radical (unpaired) electrons. The van der Waals surface area contributed by atoms with E-state index in [1.807, 2.05) is 14.0 Å². The average Bonchev–Trinajstić information content (AvgIpc) is 2.64. The molecule has 0 aliphatic heterocycles. The predicted molar refractivity (Wildman–Crippen MR) is 103 cm³/mol. The second-order valence-electron chi connectivity index (χ2n) is 6.53.